The van der Waals surface area contributed by atoms with Crippen molar-refractivity contribution in [1.82, 2.24) is 10.2 Å². The molecular weight excluding hydrogens is 264 g/mol. The summed E-state index contributed by atoms with van der Waals surface area (Å²) in [7, 11) is 2.25. The summed E-state index contributed by atoms with van der Waals surface area (Å²) in [5.41, 5.74) is 0.375. The van der Waals surface area contributed by atoms with Crippen LogP contribution in [0.3, 0.4) is 0 Å². The molecular formula is C17H34N2O2. The van der Waals surface area contributed by atoms with Crippen LogP contribution < -0.4 is 5.32 Å². The highest BCUT2D eigenvalue weighted by molar-refractivity contribution is 4.87. The summed E-state index contributed by atoms with van der Waals surface area (Å²) >= 11 is 0. The normalized spacial score (nSPS) is 25.9. The molecule has 0 bridgehead atoms. The molecule has 0 aromatic carbocycles. The molecule has 2 rings (SSSR count). The molecule has 2 aliphatic heterocycles. The quantitative estimate of drug-likeness (QED) is 0.744. The second kappa shape index (κ2) is 8.47. The first-order chi connectivity index (χ1) is 10.1. The van der Waals surface area contributed by atoms with Crippen molar-refractivity contribution in [2.45, 2.75) is 45.6 Å². The molecule has 2 aliphatic rings. The van der Waals surface area contributed by atoms with Crippen LogP contribution in [-0.4, -0.2) is 64.1 Å². The third kappa shape index (κ3) is 5.85. The minimum absolute atomic E-state index is 0.375. The molecule has 0 amide bonds. The molecule has 1 N–H and O–H groups in total. The Morgan fingerprint density at radius 3 is 2.62 bits per heavy atom. The van der Waals surface area contributed by atoms with Gasteiger partial charge >= 0.3 is 0 Å². The number of nitrogens with zero attached hydrogens (tertiary/aromatic N) is 1. The lowest BCUT2D eigenvalue weighted by Crippen LogP contribution is -2.48. The first-order valence-corrected chi connectivity index (χ1v) is 8.68. The number of nitrogens with one attached hydrogen (secondary N) is 1. The fourth-order valence-corrected chi connectivity index (χ4v) is 3.59. The standard InChI is InChI=1S/C17H34N2O2/c1-15(2)11-18-13-17(6-9-20-10-7-17)14-19(3)12-16-5-4-8-21-16/h15-16,18H,4-14H2,1-3H3. The summed E-state index contributed by atoms with van der Waals surface area (Å²) in [4.78, 5) is 2.48. The van der Waals surface area contributed by atoms with Crippen LogP contribution in [0, 0.1) is 11.3 Å². The van der Waals surface area contributed by atoms with Gasteiger partial charge in [0.25, 0.3) is 0 Å². The number of hydrogen-bond acceptors (Lipinski definition) is 4. The third-order valence-electron chi connectivity index (χ3n) is 4.75. The number of ether oxygens (including phenoxy) is 2. The van der Waals surface area contributed by atoms with Gasteiger partial charge in [0.05, 0.1) is 6.10 Å². The molecule has 2 heterocycles. The molecule has 0 saturated carbocycles. The van der Waals surface area contributed by atoms with Gasteiger partial charge in [-0.2, -0.15) is 0 Å². The van der Waals surface area contributed by atoms with E-state index >= 15 is 0 Å². The first kappa shape index (κ1) is 17.2. The smallest absolute Gasteiger partial charge is 0.0702 e. The maximum absolute atomic E-state index is 5.78. The Morgan fingerprint density at radius 2 is 2.00 bits per heavy atom. The zero-order valence-corrected chi connectivity index (χ0v) is 14.2. The van der Waals surface area contributed by atoms with E-state index in [1.54, 1.807) is 0 Å². The van der Waals surface area contributed by atoms with Crippen molar-refractivity contribution >= 4 is 0 Å². The average molecular weight is 298 g/mol. The van der Waals surface area contributed by atoms with Gasteiger partial charge < -0.3 is 19.7 Å². The van der Waals surface area contributed by atoms with Crippen LogP contribution in [0.25, 0.3) is 0 Å². The molecule has 0 aromatic rings. The van der Waals surface area contributed by atoms with Crippen molar-refractivity contribution in [1.29, 1.82) is 0 Å². The van der Waals surface area contributed by atoms with E-state index in [0.29, 0.717) is 17.4 Å². The summed E-state index contributed by atoms with van der Waals surface area (Å²) in [6.07, 6.45) is 5.26. The number of likely N-dealkylation sites (N-methyl/N-ethyl adjacent to an activating group) is 1. The van der Waals surface area contributed by atoms with Crippen LogP contribution in [0.2, 0.25) is 0 Å². The summed E-state index contributed by atoms with van der Waals surface area (Å²) in [6, 6.07) is 0. The van der Waals surface area contributed by atoms with Gasteiger partial charge in [0.1, 0.15) is 0 Å². The maximum atomic E-state index is 5.78. The zero-order chi connectivity index (χ0) is 15.1. The van der Waals surface area contributed by atoms with E-state index in [4.69, 9.17) is 9.47 Å². The predicted octanol–water partition coefficient (Wildman–Crippen LogP) is 2.14. The Balaban J connectivity index is 1.82. The van der Waals surface area contributed by atoms with Crippen molar-refractivity contribution in [3.63, 3.8) is 0 Å². The molecule has 21 heavy (non-hydrogen) atoms. The molecule has 1 unspecified atom stereocenters. The summed E-state index contributed by atoms with van der Waals surface area (Å²) in [5, 5.41) is 3.68. The van der Waals surface area contributed by atoms with E-state index in [2.05, 4.69) is 31.1 Å². The van der Waals surface area contributed by atoms with Crippen LogP contribution in [0.15, 0.2) is 0 Å². The zero-order valence-electron chi connectivity index (χ0n) is 14.2. The molecule has 4 heteroatoms. The Bertz CT molecular complexity index is 285. The van der Waals surface area contributed by atoms with Crippen molar-refractivity contribution in [3.8, 4) is 0 Å². The number of hydrogen-bond donors (Lipinski definition) is 1. The SMILES string of the molecule is CC(C)CNCC1(CN(C)CC2CCCO2)CCOCC1. The van der Waals surface area contributed by atoms with E-state index < -0.39 is 0 Å². The minimum atomic E-state index is 0.375. The van der Waals surface area contributed by atoms with Gasteiger partial charge in [0.15, 0.2) is 0 Å². The third-order valence-corrected chi connectivity index (χ3v) is 4.75. The molecule has 0 aliphatic carbocycles. The topological polar surface area (TPSA) is 33.7 Å². The maximum Gasteiger partial charge on any atom is 0.0702 e. The first-order valence-electron chi connectivity index (χ1n) is 8.68. The molecule has 124 valence electrons. The van der Waals surface area contributed by atoms with Crippen LogP contribution >= 0.6 is 0 Å². The van der Waals surface area contributed by atoms with Gasteiger partial charge in [-0.3, -0.25) is 0 Å². The average Bonchev–Trinajstić information content (AvgIpc) is 2.91. The largest absolute Gasteiger partial charge is 0.381 e. The van der Waals surface area contributed by atoms with E-state index in [1.807, 2.05) is 0 Å². The fraction of sp³-hybridized carbons (Fsp3) is 1.00. The predicted molar refractivity (Wildman–Crippen MR) is 86.7 cm³/mol. The molecule has 0 radical (unpaired) electrons. The fourth-order valence-electron chi connectivity index (χ4n) is 3.59. The lowest BCUT2D eigenvalue weighted by molar-refractivity contribution is -0.00867. The van der Waals surface area contributed by atoms with Gasteiger partial charge in [-0.25, -0.2) is 0 Å². The Kier molecular flexibility index (Phi) is 6.93. The van der Waals surface area contributed by atoms with E-state index in [1.165, 1.54) is 25.7 Å². The molecule has 4 nitrogen and oxygen atoms in total. The van der Waals surface area contributed by atoms with Crippen molar-refractivity contribution in [2.24, 2.45) is 11.3 Å². The van der Waals surface area contributed by atoms with Crippen LogP contribution in [0.1, 0.15) is 39.5 Å². The highest BCUT2D eigenvalue weighted by atomic mass is 16.5. The molecule has 2 saturated heterocycles. The van der Waals surface area contributed by atoms with Gasteiger partial charge in [0.2, 0.25) is 0 Å². The molecule has 1 atom stereocenters. The highest BCUT2D eigenvalue weighted by Gasteiger charge is 2.34. The summed E-state index contributed by atoms with van der Waals surface area (Å²) < 4.78 is 11.4. The number of rotatable bonds is 8. The van der Waals surface area contributed by atoms with E-state index in [0.717, 1.165) is 46.0 Å². The Hall–Kier alpha value is -0.160. The molecule has 0 spiro atoms. The minimum Gasteiger partial charge on any atom is -0.381 e. The van der Waals surface area contributed by atoms with Gasteiger partial charge in [0, 0.05) is 39.5 Å². The van der Waals surface area contributed by atoms with Gasteiger partial charge in [-0.15, -0.1) is 0 Å². The Labute approximate surface area is 130 Å². The second-order valence-corrected chi connectivity index (χ2v) is 7.47. The van der Waals surface area contributed by atoms with Gasteiger partial charge in [-0.05, 0) is 50.6 Å². The van der Waals surface area contributed by atoms with Crippen molar-refractivity contribution in [2.75, 3.05) is 53.0 Å². The van der Waals surface area contributed by atoms with Crippen LogP contribution in [0.5, 0.6) is 0 Å². The van der Waals surface area contributed by atoms with Gasteiger partial charge in [-0.1, -0.05) is 13.8 Å². The summed E-state index contributed by atoms with van der Waals surface area (Å²) in [5.74, 6) is 0.714. The second-order valence-electron chi connectivity index (χ2n) is 7.47. The lowest BCUT2D eigenvalue weighted by Gasteiger charge is -2.41. The van der Waals surface area contributed by atoms with E-state index in [-0.39, 0.29) is 0 Å². The van der Waals surface area contributed by atoms with Crippen LogP contribution in [-0.2, 0) is 9.47 Å². The lowest BCUT2D eigenvalue weighted by atomic mass is 9.79. The monoisotopic (exact) mass is 298 g/mol. The summed E-state index contributed by atoms with van der Waals surface area (Å²) in [6.45, 7) is 11.8. The highest BCUT2D eigenvalue weighted by Crippen LogP contribution is 2.31. The molecule has 2 fully saturated rings. The Morgan fingerprint density at radius 1 is 1.24 bits per heavy atom. The molecule has 0 aromatic heterocycles. The van der Waals surface area contributed by atoms with Crippen LogP contribution in [0.4, 0.5) is 0 Å². The van der Waals surface area contributed by atoms with Crippen molar-refractivity contribution in [3.05, 3.63) is 0 Å². The van der Waals surface area contributed by atoms with Crippen molar-refractivity contribution < 1.29 is 9.47 Å². The van der Waals surface area contributed by atoms with E-state index in [9.17, 15) is 0 Å².